The van der Waals surface area contributed by atoms with Crippen molar-refractivity contribution in [2.75, 3.05) is 6.54 Å². The zero-order chi connectivity index (χ0) is 24.9. The lowest BCUT2D eigenvalue weighted by Gasteiger charge is -2.51. The van der Waals surface area contributed by atoms with Gasteiger partial charge in [-0.05, 0) is 54.7 Å². The number of nitrogens with zero attached hydrogens (tertiary/aromatic N) is 3. The number of piperidine rings is 1. The van der Waals surface area contributed by atoms with Crippen molar-refractivity contribution in [3.63, 3.8) is 0 Å². The summed E-state index contributed by atoms with van der Waals surface area (Å²) < 4.78 is 5.69. The highest BCUT2D eigenvalue weighted by atomic mass is 16.6. The van der Waals surface area contributed by atoms with Crippen LogP contribution in [0.2, 0.25) is 0 Å². The Kier molecular flexibility index (Phi) is 5.56. The van der Waals surface area contributed by atoms with Gasteiger partial charge in [0, 0.05) is 25.0 Å². The van der Waals surface area contributed by atoms with E-state index in [1.54, 1.807) is 17.0 Å². The minimum atomic E-state index is -0.364. The van der Waals surface area contributed by atoms with Crippen LogP contribution in [-0.4, -0.2) is 51.1 Å². The first-order chi connectivity index (χ1) is 17.4. The predicted molar refractivity (Wildman–Crippen MR) is 139 cm³/mol. The summed E-state index contributed by atoms with van der Waals surface area (Å²) in [4.78, 5) is 28.5. The maximum absolute atomic E-state index is 13.5. The molecule has 3 atom stereocenters. The van der Waals surface area contributed by atoms with Gasteiger partial charge in [-0.25, -0.2) is 9.80 Å². The van der Waals surface area contributed by atoms with Gasteiger partial charge >= 0.3 is 6.09 Å². The highest BCUT2D eigenvalue weighted by Gasteiger charge is 2.52. The van der Waals surface area contributed by atoms with Gasteiger partial charge in [0.15, 0.2) is 0 Å². The highest BCUT2D eigenvalue weighted by molar-refractivity contribution is 5.86. The van der Waals surface area contributed by atoms with Gasteiger partial charge in [-0.1, -0.05) is 72.8 Å². The van der Waals surface area contributed by atoms with Crippen molar-refractivity contribution in [2.45, 2.75) is 50.9 Å². The van der Waals surface area contributed by atoms with Gasteiger partial charge in [0.25, 0.3) is 0 Å². The van der Waals surface area contributed by atoms with E-state index >= 15 is 0 Å². The van der Waals surface area contributed by atoms with Gasteiger partial charge in [0.1, 0.15) is 5.75 Å². The molecule has 7 rings (SSSR count). The summed E-state index contributed by atoms with van der Waals surface area (Å²) in [6.07, 6.45) is 5.20. The number of para-hydroxylation sites is 1. The first-order valence-electron chi connectivity index (χ1n) is 12.7. The summed E-state index contributed by atoms with van der Waals surface area (Å²) in [6.45, 7) is 5.51. The Labute approximate surface area is 211 Å². The molecule has 0 unspecified atom stereocenters. The van der Waals surface area contributed by atoms with E-state index in [9.17, 15) is 9.59 Å². The third-order valence-electron chi connectivity index (χ3n) is 7.81. The quantitative estimate of drug-likeness (QED) is 0.469. The van der Waals surface area contributed by atoms with Crippen molar-refractivity contribution < 1.29 is 14.3 Å². The van der Waals surface area contributed by atoms with E-state index in [1.165, 1.54) is 16.3 Å². The Morgan fingerprint density at radius 1 is 0.972 bits per heavy atom. The fourth-order valence-electron chi connectivity index (χ4n) is 6.05. The second-order valence-electron chi connectivity index (χ2n) is 10.7. The molecule has 2 saturated heterocycles. The summed E-state index contributed by atoms with van der Waals surface area (Å²) in [5.74, 6) is 0.835. The van der Waals surface area contributed by atoms with E-state index in [0.717, 1.165) is 6.42 Å². The van der Waals surface area contributed by atoms with Crippen molar-refractivity contribution in [2.24, 2.45) is 5.92 Å². The molecule has 2 amide bonds. The van der Waals surface area contributed by atoms with Crippen LogP contribution in [0.3, 0.4) is 0 Å². The Hall–Kier alpha value is -3.64. The van der Waals surface area contributed by atoms with Crippen LogP contribution in [0.25, 0.3) is 10.8 Å². The number of hydrogen-bond acceptors (Lipinski definition) is 4. The number of benzene rings is 3. The lowest BCUT2D eigenvalue weighted by atomic mass is 9.82. The number of amides is 2. The molecule has 3 aromatic rings. The summed E-state index contributed by atoms with van der Waals surface area (Å²) in [7, 11) is 0. The maximum Gasteiger partial charge on any atom is 0.415 e. The van der Waals surface area contributed by atoms with E-state index in [4.69, 9.17) is 4.74 Å². The molecule has 0 saturated carbocycles. The van der Waals surface area contributed by atoms with E-state index in [1.807, 2.05) is 23.2 Å². The van der Waals surface area contributed by atoms with E-state index < -0.39 is 0 Å². The van der Waals surface area contributed by atoms with Gasteiger partial charge in [-0.2, -0.15) is 0 Å². The Bertz CT molecular complexity index is 1330. The molecule has 3 aromatic carbocycles. The molecule has 0 N–H and O–H groups in total. The normalized spacial score (nSPS) is 25.1. The van der Waals surface area contributed by atoms with E-state index in [2.05, 4.69) is 73.5 Å². The van der Waals surface area contributed by atoms with Gasteiger partial charge in [-0.15, -0.1) is 0 Å². The minimum absolute atomic E-state index is 0.113. The Morgan fingerprint density at radius 3 is 2.53 bits per heavy atom. The lowest BCUT2D eigenvalue weighted by Crippen LogP contribution is -2.64. The predicted octanol–water partition coefficient (Wildman–Crippen LogP) is 5.40. The smallest absolute Gasteiger partial charge is 0.410 e. The summed E-state index contributed by atoms with van der Waals surface area (Å²) in [5.41, 5.74) is 0.863. The Balaban J connectivity index is 1.30. The summed E-state index contributed by atoms with van der Waals surface area (Å²) >= 11 is 0. The van der Waals surface area contributed by atoms with Crippen molar-refractivity contribution in [3.05, 3.63) is 90.5 Å². The third-order valence-corrected chi connectivity index (χ3v) is 7.81. The second kappa shape index (κ2) is 8.79. The number of ether oxygens (including phenoxy) is 1. The molecule has 2 bridgehead atoms. The number of hydrogen-bond donors (Lipinski definition) is 0. The molecule has 4 aliphatic rings. The molecule has 1 aliphatic carbocycles. The molecule has 3 aliphatic heterocycles. The lowest BCUT2D eigenvalue weighted by molar-refractivity contribution is -0.155. The van der Waals surface area contributed by atoms with Crippen LogP contribution in [0.5, 0.6) is 5.75 Å². The molecule has 2 fully saturated rings. The van der Waals surface area contributed by atoms with Crippen LogP contribution in [0.1, 0.15) is 32.3 Å². The molecule has 0 spiro atoms. The van der Waals surface area contributed by atoms with E-state index in [0.29, 0.717) is 25.3 Å². The standard InChI is InChI=1S/C30H31N3O3/c1-30(2)18-28(34)33(32(30)20-23-11-8-10-22-9-6-7-14-25(22)23)27-17-21-15-16-26(27)31(19-21)29(35)36-24-12-4-3-5-13-24/h3-16,21,26-27H,17-20H2,1-2H3/t21-,26+,27+/m1/s1. The van der Waals surface area contributed by atoms with Crippen molar-refractivity contribution in [1.29, 1.82) is 0 Å². The van der Waals surface area contributed by atoms with Crippen LogP contribution in [0.4, 0.5) is 4.79 Å². The monoisotopic (exact) mass is 481 g/mol. The number of carbonyl (C=O) groups excluding carboxylic acids is 2. The molecule has 0 radical (unpaired) electrons. The van der Waals surface area contributed by atoms with Crippen LogP contribution in [0, 0.1) is 5.92 Å². The van der Waals surface area contributed by atoms with Gasteiger partial charge in [0.05, 0.1) is 12.1 Å². The molecule has 6 heteroatoms. The van der Waals surface area contributed by atoms with E-state index in [-0.39, 0.29) is 35.5 Å². The van der Waals surface area contributed by atoms with Gasteiger partial charge < -0.3 is 4.74 Å². The maximum atomic E-state index is 13.5. The first kappa shape index (κ1) is 22.8. The van der Waals surface area contributed by atoms with Crippen molar-refractivity contribution >= 4 is 22.8 Å². The topological polar surface area (TPSA) is 53.1 Å². The third kappa shape index (κ3) is 3.95. The largest absolute Gasteiger partial charge is 0.415 e. The molecular weight excluding hydrogens is 450 g/mol. The minimum Gasteiger partial charge on any atom is -0.410 e. The fourth-order valence-corrected chi connectivity index (χ4v) is 6.05. The average molecular weight is 482 g/mol. The van der Waals surface area contributed by atoms with Crippen molar-refractivity contribution in [3.8, 4) is 5.75 Å². The first-order valence-corrected chi connectivity index (χ1v) is 12.7. The molecule has 0 aromatic heterocycles. The zero-order valence-corrected chi connectivity index (χ0v) is 20.7. The van der Waals surface area contributed by atoms with Crippen LogP contribution < -0.4 is 4.74 Å². The molecular formula is C30H31N3O3. The average Bonchev–Trinajstić information content (AvgIpc) is 3.12. The SMILES string of the molecule is CC1(C)CC(=O)N([C@H]2C[C@H]3C=C[C@@H]2N(C(=O)Oc2ccccc2)C3)N1Cc1cccc2ccccc12. The second-order valence-corrected chi connectivity index (χ2v) is 10.7. The number of carbonyl (C=O) groups is 2. The molecule has 6 nitrogen and oxygen atoms in total. The summed E-state index contributed by atoms with van der Waals surface area (Å²) in [5, 5.41) is 6.59. The van der Waals surface area contributed by atoms with Gasteiger partial charge in [-0.3, -0.25) is 14.7 Å². The Morgan fingerprint density at radius 2 is 1.72 bits per heavy atom. The van der Waals surface area contributed by atoms with Gasteiger partial charge in [0.2, 0.25) is 5.91 Å². The van der Waals surface area contributed by atoms with Crippen LogP contribution in [-0.2, 0) is 11.3 Å². The number of fused-ring (bicyclic) bond motifs is 3. The molecule has 3 heterocycles. The van der Waals surface area contributed by atoms with Crippen molar-refractivity contribution in [1.82, 2.24) is 14.9 Å². The fraction of sp³-hybridized carbons (Fsp3) is 0.333. The van der Waals surface area contributed by atoms with Crippen LogP contribution >= 0.6 is 0 Å². The number of hydrazine groups is 1. The van der Waals surface area contributed by atoms with Crippen LogP contribution in [0.15, 0.2) is 84.9 Å². The zero-order valence-electron chi connectivity index (χ0n) is 20.7. The molecule has 184 valence electrons. The molecule has 36 heavy (non-hydrogen) atoms. The number of rotatable bonds is 4. The highest BCUT2D eigenvalue weighted by Crippen LogP contribution is 2.41. The summed E-state index contributed by atoms with van der Waals surface area (Å²) in [6, 6.07) is 23.6.